The molecular formula is C9H22N2O3S. The van der Waals surface area contributed by atoms with Gasteiger partial charge in [0.2, 0.25) is 10.0 Å². The zero-order valence-corrected chi connectivity index (χ0v) is 10.6. The molecule has 0 aliphatic carbocycles. The van der Waals surface area contributed by atoms with Crippen molar-refractivity contribution in [2.75, 3.05) is 39.1 Å². The van der Waals surface area contributed by atoms with Gasteiger partial charge in [-0.3, -0.25) is 0 Å². The Bertz CT molecular complexity index is 252. The SMILES string of the molecule is COCCN(CCN)S(=O)(=O)CC(C)C. The fourth-order valence-corrected chi connectivity index (χ4v) is 3.04. The summed E-state index contributed by atoms with van der Waals surface area (Å²) < 4.78 is 30.0. The van der Waals surface area contributed by atoms with Crippen LogP contribution in [0.1, 0.15) is 13.8 Å². The fraction of sp³-hybridized carbons (Fsp3) is 1.00. The molecule has 0 aromatic heterocycles. The van der Waals surface area contributed by atoms with Crippen molar-refractivity contribution in [3.63, 3.8) is 0 Å². The van der Waals surface area contributed by atoms with Gasteiger partial charge in [0.15, 0.2) is 0 Å². The summed E-state index contributed by atoms with van der Waals surface area (Å²) in [4.78, 5) is 0. The largest absolute Gasteiger partial charge is 0.383 e. The molecule has 0 unspecified atom stereocenters. The summed E-state index contributed by atoms with van der Waals surface area (Å²) >= 11 is 0. The molecule has 0 aliphatic rings. The first-order valence-electron chi connectivity index (χ1n) is 5.11. The molecule has 0 aliphatic heterocycles. The van der Waals surface area contributed by atoms with Gasteiger partial charge in [0.25, 0.3) is 0 Å². The van der Waals surface area contributed by atoms with Crippen LogP contribution in [0.2, 0.25) is 0 Å². The molecule has 0 bridgehead atoms. The zero-order valence-electron chi connectivity index (χ0n) is 9.77. The van der Waals surface area contributed by atoms with E-state index in [2.05, 4.69) is 0 Å². The van der Waals surface area contributed by atoms with Crippen molar-refractivity contribution in [2.24, 2.45) is 11.7 Å². The van der Waals surface area contributed by atoms with E-state index in [0.717, 1.165) is 0 Å². The predicted molar refractivity (Wildman–Crippen MR) is 61.1 cm³/mol. The van der Waals surface area contributed by atoms with Gasteiger partial charge in [-0.05, 0) is 5.92 Å². The number of nitrogens with zero attached hydrogens (tertiary/aromatic N) is 1. The third kappa shape index (κ3) is 6.09. The van der Waals surface area contributed by atoms with Gasteiger partial charge in [0.05, 0.1) is 12.4 Å². The summed E-state index contributed by atoms with van der Waals surface area (Å²) in [5.41, 5.74) is 5.38. The van der Waals surface area contributed by atoms with Crippen LogP contribution < -0.4 is 5.73 Å². The van der Waals surface area contributed by atoms with Gasteiger partial charge < -0.3 is 10.5 Å². The minimum atomic E-state index is -3.18. The first-order chi connectivity index (χ1) is 6.94. The first-order valence-corrected chi connectivity index (χ1v) is 6.71. The topological polar surface area (TPSA) is 72.6 Å². The summed E-state index contributed by atoms with van der Waals surface area (Å²) in [6.45, 7) is 5.24. The van der Waals surface area contributed by atoms with Crippen LogP contribution in [0.3, 0.4) is 0 Å². The molecule has 0 heterocycles. The minimum absolute atomic E-state index is 0.123. The lowest BCUT2D eigenvalue weighted by molar-refractivity contribution is 0.179. The van der Waals surface area contributed by atoms with Gasteiger partial charge in [0, 0.05) is 26.7 Å². The molecule has 0 amide bonds. The molecule has 0 spiro atoms. The normalized spacial score (nSPS) is 12.7. The van der Waals surface area contributed by atoms with E-state index < -0.39 is 10.0 Å². The maximum Gasteiger partial charge on any atom is 0.214 e. The Labute approximate surface area is 92.6 Å². The molecule has 6 heteroatoms. The molecule has 0 fully saturated rings. The number of nitrogens with two attached hydrogens (primary N) is 1. The number of hydrogen-bond donors (Lipinski definition) is 1. The van der Waals surface area contributed by atoms with Gasteiger partial charge in [-0.2, -0.15) is 4.31 Å². The maximum atomic E-state index is 11.9. The van der Waals surface area contributed by atoms with E-state index in [1.165, 1.54) is 4.31 Å². The zero-order chi connectivity index (χ0) is 11.9. The van der Waals surface area contributed by atoms with E-state index in [-0.39, 0.29) is 11.7 Å². The van der Waals surface area contributed by atoms with Gasteiger partial charge in [-0.25, -0.2) is 8.42 Å². The molecule has 0 aromatic rings. The lowest BCUT2D eigenvalue weighted by Gasteiger charge is -2.22. The highest BCUT2D eigenvalue weighted by Crippen LogP contribution is 2.06. The van der Waals surface area contributed by atoms with Crippen LogP contribution in [0.15, 0.2) is 0 Å². The highest BCUT2D eigenvalue weighted by atomic mass is 32.2. The van der Waals surface area contributed by atoms with Crippen LogP contribution in [0.4, 0.5) is 0 Å². The van der Waals surface area contributed by atoms with Crippen molar-refractivity contribution in [3.8, 4) is 0 Å². The van der Waals surface area contributed by atoms with Crippen LogP contribution in [-0.2, 0) is 14.8 Å². The molecule has 2 N–H and O–H groups in total. The number of hydrogen-bond acceptors (Lipinski definition) is 4. The summed E-state index contributed by atoms with van der Waals surface area (Å²) in [7, 11) is -1.63. The summed E-state index contributed by atoms with van der Waals surface area (Å²) in [6.07, 6.45) is 0. The molecule has 0 aromatic carbocycles. The summed E-state index contributed by atoms with van der Waals surface area (Å²) in [6, 6.07) is 0. The summed E-state index contributed by atoms with van der Waals surface area (Å²) in [5, 5.41) is 0. The van der Waals surface area contributed by atoms with Crippen LogP contribution in [0.25, 0.3) is 0 Å². The third-order valence-corrected chi connectivity index (χ3v) is 4.10. The van der Waals surface area contributed by atoms with Crippen molar-refractivity contribution >= 4 is 10.0 Å². The average Bonchev–Trinajstić information content (AvgIpc) is 2.09. The number of rotatable bonds is 8. The second-order valence-corrected chi connectivity index (χ2v) is 5.87. The van der Waals surface area contributed by atoms with E-state index in [4.69, 9.17) is 10.5 Å². The monoisotopic (exact) mass is 238 g/mol. The van der Waals surface area contributed by atoms with Crippen molar-refractivity contribution in [2.45, 2.75) is 13.8 Å². The van der Waals surface area contributed by atoms with E-state index in [1.54, 1.807) is 7.11 Å². The van der Waals surface area contributed by atoms with E-state index >= 15 is 0 Å². The highest BCUT2D eigenvalue weighted by molar-refractivity contribution is 7.89. The van der Waals surface area contributed by atoms with Gasteiger partial charge >= 0.3 is 0 Å². The molecule has 0 rings (SSSR count). The molecule has 92 valence electrons. The first kappa shape index (κ1) is 14.8. The number of methoxy groups -OCH3 is 1. The van der Waals surface area contributed by atoms with Crippen LogP contribution >= 0.6 is 0 Å². The molecule has 0 radical (unpaired) electrons. The van der Waals surface area contributed by atoms with E-state index in [0.29, 0.717) is 26.2 Å². The standard InChI is InChI=1S/C9H22N2O3S/c1-9(2)8-15(12,13)11(5-4-10)6-7-14-3/h9H,4-8,10H2,1-3H3. The molecule has 0 atom stereocenters. The number of sulfonamides is 1. The van der Waals surface area contributed by atoms with Crippen LogP contribution in [-0.4, -0.2) is 51.8 Å². The van der Waals surface area contributed by atoms with Crippen LogP contribution in [0, 0.1) is 5.92 Å². The second-order valence-electron chi connectivity index (χ2n) is 3.85. The average molecular weight is 238 g/mol. The smallest absolute Gasteiger partial charge is 0.214 e. The molecule has 5 nitrogen and oxygen atoms in total. The van der Waals surface area contributed by atoms with Crippen molar-refractivity contribution in [1.29, 1.82) is 0 Å². The third-order valence-electron chi connectivity index (χ3n) is 1.86. The van der Waals surface area contributed by atoms with Crippen molar-refractivity contribution < 1.29 is 13.2 Å². The number of ether oxygens (including phenoxy) is 1. The lowest BCUT2D eigenvalue weighted by Crippen LogP contribution is -2.39. The Morgan fingerprint density at radius 3 is 2.33 bits per heavy atom. The van der Waals surface area contributed by atoms with Crippen molar-refractivity contribution in [3.05, 3.63) is 0 Å². The Balaban J connectivity index is 4.44. The fourth-order valence-electron chi connectivity index (χ4n) is 1.25. The predicted octanol–water partition coefficient (Wildman–Crippen LogP) is -0.121. The Hall–Kier alpha value is -0.170. The molecule has 0 saturated heterocycles. The quantitative estimate of drug-likeness (QED) is 0.640. The van der Waals surface area contributed by atoms with Gasteiger partial charge in [-0.15, -0.1) is 0 Å². The van der Waals surface area contributed by atoms with E-state index in [9.17, 15) is 8.42 Å². The van der Waals surface area contributed by atoms with E-state index in [1.807, 2.05) is 13.8 Å². The molecular weight excluding hydrogens is 216 g/mol. The van der Waals surface area contributed by atoms with Gasteiger partial charge in [0.1, 0.15) is 0 Å². The van der Waals surface area contributed by atoms with Crippen LogP contribution in [0.5, 0.6) is 0 Å². The highest BCUT2D eigenvalue weighted by Gasteiger charge is 2.21. The second kappa shape index (κ2) is 7.16. The molecule has 0 saturated carbocycles. The van der Waals surface area contributed by atoms with Gasteiger partial charge in [-0.1, -0.05) is 13.8 Å². The Morgan fingerprint density at radius 1 is 1.33 bits per heavy atom. The minimum Gasteiger partial charge on any atom is -0.383 e. The maximum absolute atomic E-state index is 11.9. The Morgan fingerprint density at radius 2 is 1.93 bits per heavy atom. The Kier molecular flexibility index (Phi) is 7.08. The molecule has 15 heavy (non-hydrogen) atoms. The van der Waals surface area contributed by atoms with Crippen molar-refractivity contribution in [1.82, 2.24) is 4.31 Å². The summed E-state index contributed by atoms with van der Waals surface area (Å²) in [5.74, 6) is 0.286. The lowest BCUT2D eigenvalue weighted by atomic mass is 10.3.